The molecular formula is C16H26N2O. The summed E-state index contributed by atoms with van der Waals surface area (Å²) >= 11 is 0. The Balaban J connectivity index is 2.01. The van der Waals surface area contributed by atoms with E-state index in [1.54, 1.807) is 0 Å². The lowest BCUT2D eigenvalue weighted by Crippen LogP contribution is -2.37. The van der Waals surface area contributed by atoms with Gasteiger partial charge >= 0.3 is 0 Å². The van der Waals surface area contributed by atoms with E-state index in [9.17, 15) is 0 Å². The second kappa shape index (κ2) is 6.92. The van der Waals surface area contributed by atoms with Crippen molar-refractivity contribution in [2.45, 2.75) is 39.3 Å². The van der Waals surface area contributed by atoms with E-state index in [1.165, 1.54) is 16.8 Å². The topological polar surface area (TPSA) is 24.5 Å². The third-order valence-corrected chi connectivity index (χ3v) is 3.96. The maximum atomic E-state index is 5.43. The third kappa shape index (κ3) is 3.71. The van der Waals surface area contributed by atoms with Crippen LogP contribution in [0.2, 0.25) is 0 Å². The summed E-state index contributed by atoms with van der Waals surface area (Å²) in [6, 6.07) is 6.82. The number of rotatable bonds is 5. The maximum absolute atomic E-state index is 5.43. The van der Waals surface area contributed by atoms with Crippen LogP contribution < -0.4 is 10.2 Å². The van der Waals surface area contributed by atoms with Crippen LogP contribution in [0.3, 0.4) is 0 Å². The van der Waals surface area contributed by atoms with Gasteiger partial charge in [0.05, 0.1) is 6.10 Å². The van der Waals surface area contributed by atoms with E-state index in [2.05, 4.69) is 42.3 Å². The molecule has 0 saturated carbocycles. The van der Waals surface area contributed by atoms with Crippen LogP contribution >= 0.6 is 0 Å². The Morgan fingerprint density at radius 3 is 2.63 bits per heavy atom. The number of piperidine rings is 1. The Hall–Kier alpha value is -1.06. The summed E-state index contributed by atoms with van der Waals surface area (Å²) in [6.07, 6.45) is 2.72. The molecule has 1 aromatic carbocycles. The molecule has 19 heavy (non-hydrogen) atoms. The molecule has 106 valence electrons. The van der Waals surface area contributed by atoms with Gasteiger partial charge in [0.2, 0.25) is 0 Å². The van der Waals surface area contributed by atoms with Crippen molar-refractivity contribution in [3.05, 3.63) is 29.3 Å². The third-order valence-electron chi connectivity index (χ3n) is 3.96. The number of anilines is 1. The first-order valence-electron chi connectivity index (χ1n) is 7.32. The number of methoxy groups -OCH3 is 1. The molecule has 0 bridgehead atoms. The number of benzene rings is 1. The van der Waals surface area contributed by atoms with Crippen LogP contribution in [-0.4, -0.2) is 32.8 Å². The lowest BCUT2D eigenvalue weighted by molar-refractivity contribution is 0.0819. The van der Waals surface area contributed by atoms with Crippen LogP contribution in [0, 0.1) is 6.92 Å². The zero-order valence-electron chi connectivity index (χ0n) is 12.4. The van der Waals surface area contributed by atoms with Crippen LogP contribution in [0.25, 0.3) is 0 Å². The van der Waals surface area contributed by atoms with Crippen molar-refractivity contribution in [1.82, 2.24) is 5.32 Å². The minimum Gasteiger partial charge on any atom is -0.381 e. The van der Waals surface area contributed by atoms with Crippen molar-refractivity contribution in [2.75, 3.05) is 31.6 Å². The molecule has 1 N–H and O–H groups in total. The molecular weight excluding hydrogens is 236 g/mol. The highest BCUT2D eigenvalue weighted by Gasteiger charge is 2.19. The fourth-order valence-corrected chi connectivity index (χ4v) is 2.78. The number of nitrogens with one attached hydrogen (secondary N) is 1. The smallest absolute Gasteiger partial charge is 0.0605 e. The number of nitrogens with zero attached hydrogens (tertiary/aromatic N) is 1. The second-order valence-electron chi connectivity index (χ2n) is 5.32. The van der Waals surface area contributed by atoms with Crippen molar-refractivity contribution >= 4 is 5.69 Å². The molecule has 0 aliphatic carbocycles. The first kappa shape index (κ1) is 14.4. The molecule has 0 spiro atoms. The van der Waals surface area contributed by atoms with E-state index >= 15 is 0 Å². The Morgan fingerprint density at radius 1 is 1.32 bits per heavy atom. The SMILES string of the molecule is CCNCc1ccc(N2CCC(OC)CC2)c(C)c1. The number of ether oxygens (including phenoxy) is 1. The molecule has 3 heteroatoms. The van der Waals surface area contributed by atoms with Crippen LogP contribution in [0.1, 0.15) is 30.9 Å². The van der Waals surface area contributed by atoms with Gasteiger partial charge in [0.1, 0.15) is 0 Å². The van der Waals surface area contributed by atoms with Gasteiger partial charge < -0.3 is 15.0 Å². The van der Waals surface area contributed by atoms with E-state index in [-0.39, 0.29) is 0 Å². The highest BCUT2D eigenvalue weighted by atomic mass is 16.5. The predicted molar refractivity (Wildman–Crippen MR) is 80.8 cm³/mol. The van der Waals surface area contributed by atoms with E-state index in [1.807, 2.05) is 7.11 Å². The molecule has 0 unspecified atom stereocenters. The summed E-state index contributed by atoms with van der Waals surface area (Å²) < 4.78 is 5.43. The van der Waals surface area contributed by atoms with E-state index in [4.69, 9.17) is 4.74 Å². The average molecular weight is 262 g/mol. The van der Waals surface area contributed by atoms with Gasteiger partial charge in [0, 0.05) is 32.4 Å². The van der Waals surface area contributed by atoms with Crippen LogP contribution in [0.4, 0.5) is 5.69 Å². The van der Waals surface area contributed by atoms with Crippen molar-refractivity contribution in [3.8, 4) is 0 Å². The predicted octanol–water partition coefficient (Wildman–Crippen LogP) is 2.72. The van der Waals surface area contributed by atoms with E-state index in [0.29, 0.717) is 6.10 Å². The fraction of sp³-hybridized carbons (Fsp3) is 0.625. The van der Waals surface area contributed by atoms with Crippen LogP contribution in [0.15, 0.2) is 18.2 Å². The molecule has 1 aromatic rings. The fourth-order valence-electron chi connectivity index (χ4n) is 2.78. The lowest BCUT2D eigenvalue weighted by Gasteiger charge is -2.34. The number of hydrogen-bond acceptors (Lipinski definition) is 3. The van der Waals surface area contributed by atoms with E-state index < -0.39 is 0 Å². The second-order valence-corrected chi connectivity index (χ2v) is 5.32. The van der Waals surface area contributed by atoms with Gasteiger partial charge in [-0.25, -0.2) is 0 Å². The average Bonchev–Trinajstić information content (AvgIpc) is 2.45. The molecule has 0 amide bonds. The first-order valence-corrected chi connectivity index (χ1v) is 7.32. The zero-order valence-corrected chi connectivity index (χ0v) is 12.4. The summed E-state index contributed by atoms with van der Waals surface area (Å²) in [5.41, 5.74) is 4.14. The van der Waals surface area contributed by atoms with Crippen LogP contribution in [0.5, 0.6) is 0 Å². The molecule has 0 atom stereocenters. The summed E-state index contributed by atoms with van der Waals surface area (Å²) in [7, 11) is 1.82. The molecule has 0 radical (unpaired) electrons. The Kier molecular flexibility index (Phi) is 5.23. The van der Waals surface area contributed by atoms with Gasteiger partial charge in [-0.05, 0) is 43.5 Å². The van der Waals surface area contributed by atoms with E-state index in [0.717, 1.165) is 39.0 Å². The molecule has 1 fully saturated rings. The summed E-state index contributed by atoms with van der Waals surface area (Å²) in [4.78, 5) is 2.49. The summed E-state index contributed by atoms with van der Waals surface area (Å²) in [5.74, 6) is 0. The molecule has 2 rings (SSSR count). The monoisotopic (exact) mass is 262 g/mol. The van der Waals surface area contributed by atoms with Gasteiger partial charge in [-0.2, -0.15) is 0 Å². The number of aryl methyl sites for hydroxylation is 1. The molecule has 3 nitrogen and oxygen atoms in total. The molecule has 1 saturated heterocycles. The lowest BCUT2D eigenvalue weighted by atomic mass is 10.0. The Labute approximate surface area is 116 Å². The summed E-state index contributed by atoms with van der Waals surface area (Å²) in [6.45, 7) is 8.54. The molecule has 1 aliphatic rings. The Morgan fingerprint density at radius 2 is 2.05 bits per heavy atom. The number of hydrogen-bond donors (Lipinski definition) is 1. The van der Waals surface area contributed by atoms with Gasteiger partial charge in [0.25, 0.3) is 0 Å². The minimum absolute atomic E-state index is 0.449. The van der Waals surface area contributed by atoms with Crippen molar-refractivity contribution in [3.63, 3.8) is 0 Å². The highest BCUT2D eigenvalue weighted by molar-refractivity contribution is 5.54. The van der Waals surface area contributed by atoms with Crippen molar-refractivity contribution in [1.29, 1.82) is 0 Å². The van der Waals surface area contributed by atoms with Gasteiger partial charge in [-0.15, -0.1) is 0 Å². The van der Waals surface area contributed by atoms with Gasteiger partial charge in [-0.3, -0.25) is 0 Å². The quantitative estimate of drug-likeness (QED) is 0.883. The molecule has 1 aliphatic heterocycles. The first-order chi connectivity index (χ1) is 9.24. The maximum Gasteiger partial charge on any atom is 0.0605 e. The standard InChI is InChI=1S/C16H26N2O/c1-4-17-12-14-5-6-16(13(2)11-14)18-9-7-15(19-3)8-10-18/h5-6,11,15,17H,4,7-10,12H2,1-3H3. The minimum atomic E-state index is 0.449. The van der Waals surface area contributed by atoms with Crippen molar-refractivity contribution in [2.24, 2.45) is 0 Å². The molecule has 1 heterocycles. The van der Waals surface area contributed by atoms with Gasteiger partial charge in [-0.1, -0.05) is 19.1 Å². The van der Waals surface area contributed by atoms with Gasteiger partial charge in [0.15, 0.2) is 0 Å². The Bertz CT molecular complexity index is 398. The largest absolute Gasteiger partial charge is 0.381 e. The molecule has 0 aromatic heterocycles. The van der Waals surface area contributed by atoms with Crippen molar-refractivity contribution < 1.29 is 4.74 Å². The zero-order chi connectivity index (χ0) is 13.7. The summed E-state index contributed by atoms with van der Waals surface area (Å²) in [5, 5.41) is 3.37. The highest BCUT2D eigenvalue weighted by Crippen LogP contribution is 2.25. The normalized spacial score (nSPS) is 16.9. The van der Waals surface area contributed by atoms with Crippen LogP contribution in [-0.2, 0) is 11.3 Å².